The molecule has 0 aromatic rings. The normalized spacial score (nSPS) is 18.7. The molecular weight excluding hydrogens is 214 g/mol. The number of rotatable bonds is 6. The molecule has 0 aromatic heterocycles. The van der Waals surface area contributed by atoms with E-state index in [1.807, 2.05) is 0 Å². The first-order chi connectivity index (χ1) is 6.99. The Bertz CT molecular complexity index is 237. The maximum absolute atomic E-state index is 11.6. The van der Waals surface area contributed by atoms with Crippen molar-refractivity contribution in [2.75, 3.05) is 19.0 Å². The topological polar surface area (TPSA) is 69.6 Å². The van der Waals surface area contributed by atoms with Gasteiger partial charge < -0.3 is 15.5 Å². The van der Waals surface area contributed by atoms with Crippen molar-refractivity contribution in [1.82, 2.24) is 5.32 Å². The molecule has 0 unspecified atom stereocenters. The van der Waals surface area contributed by atoms with E-state index in [0.29, 0.717) is 6.42 Å². The highest BCUT2D eigenvalue weighted by atomic mass is 32.1. The summed E-state index contributed by atoms with van der Waals surface area (Å²) in [5.41, 5.74) is -0.844. The zero-order valence-electron chi connectivity index (χ0n) is 8.99. The van der Waals surface area contributed by atoms with E-state index in [1.165, 1.54) is 0 Å². The molecule has 88 valence electrons. The number of hydrogen-bond donors (Lipinski definition) is 4. The molecule has 0 bridgehead atoms. The lowest BCUT2D eigenvalue weighted by Gasteiger charge is -2.27. The molecule has 1 aliphatic rings. The van der Waals surface area contributed by atoms with Crippen LogP contribution in [0.25, 0.3) is 0 Å². The van der Waals surface area contributed by atoms with E-state index in [0.717, 1.165) is 18.6 Å². The second kappa shape index (κ2) is 4.72. The Balaban J connectivity index is 2.42. The number of thiol groups is 1. The maximum atomic E-state index is 11.6. The molecule has 0 radical (unpaired) electrons. The molecule has 1 rings (SSSR count). The van der Waals surface area contributed by atoms with E-state index >= 15 is 0 Å². The summed E-state index contributed by atoms with van der Waals surface area (Å²) in [6.45, 7) is 1.09. The van der Waals surface area contributed by atoms with Crippen LogP contribution in [0.5, 0.6) is 0 Å². The fraction of sp³-hybridized carbons (Fsp3) is 0.900. The predicted molar refractivity (Wildman–Crippen MR) is 60.9 cm³/mol. The molecule has 0 heterocycles. The number of aliphatic hydroxyl groups is 2. The third-order valence-electron chi connectivity index (χ3n) is 2.97. The maximum Gasteiger partial charge on any atom is 0.221 e. The number of carbonyl (C=O) groups excluding carboxylic acids is 1. The minimum atomic E-state index is -0.913. The van der Waals surface area contributed by atoms with E-state index in [9.17, 15) is 4.79 Å². The molecule has 3 N–H and O–H groups in total. The van der Waals surface area contributed by atoms with Gasteiger partial charge in [0.25, 0.3) is 0 Å². The van der Waals surface area contributed by atoms with Crippen molar-refractivity contribution >= 4 is 18.5 Å². The summed E-state index contributed by atoms with van der Waals surface area (Å²) in [5, 5.41) is 20.7. The lowest BCUT2D eigenvalue weighted by atomic mass is 10.0. The van der Waals surface area contributed by atoms with E-state index < -0.39 is 5.54 Å². The fourth-order valence-electron chi connectivity index (χ4n) is 1.42. The van der Waals surface area contributed by atoms with E-state index in [-0.39, 0.29) is 24.5 Å². The molecule has 15 heavy (non-hydrogen) atoms. The number of aliphatic hydroxyl groups excluding tert-OH is 2. The molecule has 1 saturated carbocycles. The van der Waals surface area contributed by atoms with Crippen molar-refractivity contribution < 1.29 is 15.0 Å². The summed E-state index contributed by atoms with van der Waals surface area (Å²) in [6, 6.07) is 0. The van der Waals surface area contributed by atoms with Crippen molar-refractivity contribution in [3.05, 3.63) is 0 Å². The summed E-state index contributed by atoms with van der Waals surface area (Å²) in [5.74, 6) is 0.599. The molecule has 1 aliphatic carbocycles. The zero-order chi connectivity index (χ0) is 11.5. The van der Waals surface area contributed by atoms with Crippen LogP contribution >= 0.6 is 12.6 Å². The lowest BCUT2D eigenvalue weighted by Crippen LogP contribution is -2.52. The van der Waals surface area contributed by atoms with Gasteiger partial charge in [0, 0.05) is 6.42 Å². The minimum absolute atomic E-state index is 0.0685. The first kappa shape index (κ1) is 12.8. The van der Waals surface area contributed by atoms with Gasteiger partial charge in [-0.1, -0.05) is 0 Å². The smallest absolute Gasteiger partial charge is 0.221 e. The third-order valence-corrected chi connectivity index (χ3v) is 3.64. The van der Waals surface area contributed by atoms with Crippen molar-refractivity contribution in [3.63, 3.8) is 0 Å². The van der Waals surface area contributed by atoms with Crippen LogP contribution in [0.2, 0.25) is 0 Å². The highest BCUT2D eigenvalue weighted by Gasteiger charge is 2.43. The van der Waals surface area contributed by atoms with Crippen molar-refractivity contribution in [3.8, 4) is 0 Å². The Morgan fingerprint density at radius 2 is 2.00 bits per heavy atom. The quantitative estimate of drug-likeness (QED) is 0.486. The van der Waals surface area contributed by atoms with Crippen molar-refractivity contribution in [2.24, 2.45) is 5.41 Å². The van der Waals surface area contributed by atoms with Gasteiger partial charge in [0.15, 0.2) is 0 Å². The van der Waals surface area contributed by atoms with E-state index in [1.54, 1.807) is 6.92 Å². The fourth-order valence-corrected chi connectivity index (χ4v) is 1.85. The summed E-state index contributed by atoms with van der Waals surface area (Å²) in [7, 11) is 0. The third kappa shape index (κ3) is 3.36. The summed E-state index contributed by atoms with van der Waals surface area (Å²) in [6.07, 6.45) is 2.52. The predicted octanol–water partition coefficient (Wildman–Crippen LogP) is -0.0540. The van der Waals surface area contributed by atoms with Crippen molar-refractivity contribution in [2.45, 2.75) is 31.7 Å². The van der Waals surface area contributed by atoms with E-state index in [4.69, 9.17) is 10.2 Å². The number of nitrogens with one attached hydrogen (secondary N) is 1. The van der Waals surface area contributed by atoms with Gasteiger partial charge >= 0.3 is 0 Å². The van der Waals surface area contributed by atoms with Crippen molar-refractivity contribution in [1.29, 1.82) is 0 Å². The largest absolute Gasteiger partial charge is 0.394 e. The highest BCUT2D eigenvalue weighted by Crippen LogP contribution is 2.49. The van der Waals surface area contributed by atoms with E-state index in [2.05, 4.69) is 17.9 Å². The van der Waals surface area contributed by atoms with Gasteiger partial charge in [0.05, 0.1) is 18.8 Å². The Hall–Kier alpha value is -0.260. The molecule has 0 aromatic carbocycles. The standard InChI is InChI=1S/C10H19NO3S/c1-9(5-12,6-13)11-8(14)4-10(7-15)2-3-10/h12-13,15H,2-7H2,1H3,(H,11,14). The molecule has 0 spiro atoms. The Morgan fingerprint density at radius 1 is 1.47 bits per heavy atom. The summed E-state index contributed by atoms with van der Waals surface area (Å²) in [4.78, 5) is 11.6. The Morgan fingerprint density at radius 3 is 2.33 bits per heavy atom. The molecule has 0 saturated heterocycles. The van der Waals surface area contributed by atoms with Crippen LogP contribution in [-0.2, 0) is 4.79 Å². The monoisotopic (exact) mass is 233 g/mol. The van der Waals surface area contributed by atoms with Crippen LogP contribution in [0, 0.1) is 5.41 Å². The number of hydrogen-bond acceptors (Lipinski definition) is 4. The van der Waals surface area contributed by atoms with Gasteiger partial charge in [-0.15, -0.1) is 0 Å². The van der Waals surface area contributed by atoms with Crippen LogP contribution in [-0.4, -0.2) is 40.6 Å². The van der Waals surface area contributed by atoms with Crippen LogP contribution in [0.4, 0.5) is 0 Å². The average Bonchev–Trinajstić information content (AvgIpc) is 2.98. The van der Waals surface area contributed by atoms with Gasteiger partial charge in [0.2, 0.25) is 5.91 Å². The molecule has 5 heteroatoms. The molecule has 4 nitrogen and oxygen atoms in total. The first-order valence-electron chi connectivity index (χ1n) is 5.13. The van der Waals surface area contributed by atoms with Crippen LogP contribution in [0.15, 0.2) is 0 Å². The Labute approximate surface area is 95.5 Å². The van der Waals surface area contributed by atoms with Gasteiger partial charge in [-0.2, -0.15) is 12.6 Å². The molecule has 1 fully saturated rings. The molecule has 0 aliphatic heterocycles. The first-order valence-corrected chi connectivity index (χ1v) is 5.76. The molecular formula is C10H19NO3S. The second-order valence-electron chi connectivity index (χ2n) is 4.76. The molecule has 1 amide bonds. The lowest BCUT2D eigenvalue weighted by molar-refractivity contribution is -0.125. The summed E-state index contributed by atoms with van der Waals surface area (Å²) < 4.78 is 0. The van der Waals surface area contributed by atoms with Gasteiger partial charge in [-0.25, -0.2) is 0 Å². The zero-order valence-corrected chi connectivity index (χ0v) is 9.89. The van der Waals surface area contributed by atoms with Crippen LogP contribution in [0.1, 0.15) is 26.2 Å². The number of amides is 1. The second-order valence-corrected chi connectivity index (χ2v) is 5.08. The number of carbonyl (C=O) groups is 1. The summed E-state index contributed by atoms with van der Waals surface area (Å²) >= 11 is 4.22. The minimum Gasteiger partial charge on any atom is -0.394 e. The van der Waals surface area contributed by atoms with Crippen LogP contribution in [0.3, 0.4) is 0 Å². The van der Waals surface area contributed by atoms with Gasteiger partial charge in [-0.05, 0) is 30.9 Å². The van der Waals surface area contributed by atoms with Gasteiger partial charge in [0.1, 0.15) is 0 Å². The average molecular weight is 233 g/mol. The van der Waals surface area contributed by atoms with Crippen LogP contribution < -0.4 is 5.32 Å². The highest BCUT2D eigenvalue weighted by molar-refractivity contribution is 7.80. The Kier molecular flexibility index (Phi) is 4.03. The molecule has 0 atom stereocenters. The SMILES string of the molecule is CC(CO)(CO)NC(=O)CC1(CS)CC1. The van der Waals surface area contributed by atoms with Gasteiger partial charge in [-0.3, -0.25) is 4.79 Å².